The fourth-order valence-corrected chi connectivity index (χ4v) is 3.67. The van der Waals surface area contributed by atoms with Crippen LogP contribution in [0.2, 0.25) is 0 Å². The largest absolute Gasteiger partial charge is 0.451 e. The monoisotopic (exact) mass is 470 g/mol. The van der Waals surface area contributed by atoms with Gasteiger partial charge in [0.25, 0.3) is 0 Å². The molecule has 0 fully saturated rings. The summed E-state index contributed by atoms with van der Waals surface area (Å²) in [4.78, 5) is 10.9. The standard InChI is InChI=1S/C21H15F4N9/c1-11(15-9-33(32-31-15)16-5-3-2-4-14(16)22)17-6-13(18-19(26)29-10-30-34(17)18)12-7-27-20(28-8-12)21(23,24)25/h2-11H,1H3,(H2,26,29,30)/p+1. The van der Waals surface area contributed by atoms with E-state index in [9.17, 15) is 17.6 Å². The molecular weight excluding hydrogens is 454 g/mol. The zero-order valence-electron chi connectivity index (χ0n) is 17.5. The summed E-state index contributed by atoms with van der Waals surface area (Å²) in [7, 11) is 0. The molecule has 172 valence electrons. The Morgan fingerprint density at radius 3 is 2.56 bits per heavy atom. The Bertz CT molecular complexity index is 1490. The molecule has 1 aromatic carbocycles. The second kappa shape index (κ2) is 7.86. The van der Waals surface area contributed by atoms with Crippen LogP contribution in [-0.2, 0) is 6.18 Å². The van der Waals surface area contributed by atoms with Gasteiger partial charge in [-0.2, -0.15) is 18.3 Å². The Labute approximate surface area is 188 Å². The van der Waals surface area contributed by atoms with E-state index in [2.05, 4.69) is 30.4 Å². The van der Waals surface area contributed by atoms with Gasteiger partial charge in [-0.15, -0.1) is 4.68 Å². The fraction of sp³-hybridized carbons (Fsp3) is 0.143. The van der Waals surface area contributed by atoms with Crippen molar-refractivity contribution in [2.24, 2.45) is 0 Å². The molecule has 0 aliphatic rings. The molecule has 5 rings (SSSR count). The minimum absolute atomic E-state index is 0.131. The number of para-hydroxylation sites is 1. The van der Waals surface area contributed by atoms with Crippen LogP contribution in [0.3, 0.4) is 0 Å². The number of H-pyrrole nitrogens is 1. The third-order valence-electron chi connectivity index (χ3n) is 5.37. The van der Waals surface area contributed by atoms with E-state index in [0.29, 0.717) is 33.7 Å². The molecule has 0 amide bonds. The Morgan fingerprint density at radius 1 is 1.12 bits per heavy atom. The van der Waals surface area contributed by atoms with Crippen molar-refractivity contribution in [2.75, 3.05) is 5.73 Å². The molecule has 5 aromatic rings. The Hall–Kier alpha value is -4.42. The van der Waals surface area contributed by atoms with Crippen LogP contribution in [-0.4, -0.2) is 34.9 Å². The van der Waals surface area contributed by atoms with Gasteiger partial charge in [-0.05, 0) is 25.1 Å². The van der Waals surface area contributed by atoms with Gasteiger partial charge in [-0.3, -0.25) is 0 Å². The number of fused-ring (bicyclic) bond motifs is 1. The number of nitrogen functional groups attached to an aromatic ring is 1. The van der Waals surface area contributed by atoms with Crippen molar-refractivity contribution < 1.29 is 22.2 Å². The maximum Gasteiger partial charge on any atom is 0.451 e. The molecular formula is C21H16F4N9+. The van der Waals surface area contributed by atoms with Gasteiger partial charge >= 0.3 is 6.18 Å². The molecule has 1 atom stereocenters. The summed E-state index contributed by atoms with van der Waals surface area (Å²) in [6.45, 7) is 1.86. The highest BCUT2D eigenvalue weighted by Crippen LogP contribution is 2.35. The van der Waals surface area contributed by atoms with Crippen LogP contribution in [0.4, 0.5) is 23.4 Å². The number of hydrogen-bond acceptors (Lipinski definition) is 6. The van der Waals surface area contributed by atoms with Crippen LogP contribution < -0.4 is 10.4 Å². The zero-order valence-corrected chi connectivity index (χ0v) is 17.5. The SMILES string of the molecule is CC(c1c[n+](-c2ccccc2F)[nH]n1)c1cc(-c2cnc(C(F)(F)F)nc2)c2c(N)ncnn12. The van der Waals surface area contributed by atoms with Crippen molar-refractivity contribution in [1.29, 1.82) is 0 Å². The Morgan fingerprint density at radius 2 is 1.85 bits per heavy atom. The van der Waals surface area contributed by atoms with Crippen molar-refractivity contribution in [2.45, 2.75) is 19.0 Å². The smallest absolute Gasteiger partial charge is 0.382 e. The van der Waals surface area contributed by atoms with Crippen molar-refractivity contribution in [3.8, 4) is 16.8 Å². The van der Waals surface area contributed by atoms with Crippen molar-refractivity contribution in [3.05, 3.63) is 78.3 Å². The van der Waals surface area contributed by atoms with Gasteiger partial charge in [0.2, 0.25) is 11.5 Å². The van der Waals surface area contributed by atoms with Crippen LogP contribution in [0.25, 0.3) is 22.3 Å². The number of alkyl halides is 3. The summed E-state index contributed by atoms with van der Waals surface area (Å²) in [6, 6.07) is 7.95. The topological polar surface area (TPSA) is 115 Å². The molecule has 13 heteroatoms. The van der Waals surface area contributed by atoms with Gasteiger partial charge in [0.15, 0.2) is 23.5 Å². The summed E-state index contributed by atoms with van der Waals surface area (Å²) in [5.74, 6) is -1.90. The molecule has 4 aromatic heterocycles. The van der Waals surface area contributed by atoms with Crippen LogP contribution in [0.5, 0.6) is 0 Å². The third-order valence-corrected chi connectivity index (χ3v) is 5.37. The third kappa shape index (κ3) is 3.60. The number of anilines is 1. The van der Waals surface area contributed by atoms with Crippen molar-refractivity contribution in [1.82, 2.24) is 34.9 Å². The molecule has 4 heterocycles. The summed E-state index contributed by atoms with van der Waals surface area (Å²) >= 11 is 0. The number of halogens is 4. The lowest BCUT2D eigenvalue weighted by atomic mass is 10.0. The van der Waals surface area contributed by atoms with E-state index < -0.39 is 17.8 Å². The van der Waals surface area contributed by atoms with Gasteiger partial charge in [-0.1, -0.05) is 17.3 Å². The second-order valence-electron chi connectivity index (χ2n) is 7.49. The van der Waals surface area contributed by atoms with E-state index in [4.69, 9.17) is 5.73 Å². The average Bonchev–Trinajstić information content (AvgIpc) is 3.45. The van der Waals surface area contributed by atoms with Crippen LogP contribution in [0, 0.1) is 5.82 Å². The molecule has 0 radical (unpaired) electrons. The molecule has 0 aliphatic carbocycles. The highest BCUT2D eigenvalue weighted by molar-refractivity contribution is 5.88. The van der Waals surface area contributed by atoms with E-state index in [1.165, 1.54) is 17.1 Å². The van der Waals surface area contributed by atoms with Crippen molar-refractivity contribution in [3.63, 3.8) is 0 Å². The lowest BCUT2D eigenvalue weighted by molar-refractivity contribution is -0.661. The lowest BCUT2D eigenvalue weighted by Crippen LogP contribution is -2.33. The maximum atomic E-state index is 14.2. The summed E-state index contributed by atoms with van der Waals surface area (Å²) in [5, 5.41) is 11.3. The zero-order chi connectivity index (χ0) is 24.0. The molecule has 0 bridgehead atoms. The van der Waals surface area contributed by atoms with E-state index in [1.54, 1.807) is 35.0 Å². The molecule has 0 aliphatic heterocycles. The first kappa shape index (κ1) is 21.4. The Balaban J connectivity index is 1.59. The van der Waals surface area contributed by atoms with Crippen LogP contribution in [0.1, 0.15) is 30.1 Å². The van der Waals surface area contributed by atoms with Crippen molar-refractivity contribution >= 4 is 11.3 Å². The van der Waals surface area contributed by atoms with Gasteiger partial charge in [0.05, 0.1) is 11.6 Å². The van der Waals surface area contributed by atoms with Crippen LogP contribution >= 0.6 is 0 Å². The number of benzene rings is 1. The first-order chi connectivity index (χ1) is 16.2. The number of nitrogens with one attached hydrogen (secondary N) is 1. The first-order valence-corrected chi connectivity index (χ1v) is 9.97. The number of nitrogens with zero attached hydrogens (tertiary/aromatic N) is 7. The second-order valence-corrected chi connectivity index (χ2v) is 7.49. The highest BCUT2D eigenvalue weighted by Gasteiger charge is 2.34. The molecule has 34 heavy (non-hydrogen) atoms. The highest BCUT2D eigenvalue weighted by atomic mass is 19.4. The van der Waals surface area contributed by atoms with Gasteiger partial charge in [0.1, 0.15) is 11.8 Å². The average molecular weight is 470 g/mol. The van der Waals surface area contributed by atoms with E-state index >= 15 is 0 Å². The number of aromatic amines is 1. The van der Waals surface area contributed by atoms with Gasteiger partial charge < -0.3 is 5.73 Å². The number of rotatable bonds is 4. The minimum atomic E-state index is -4.66. The van der Waals surface area contributed by atoms with E-state index in [-0.39, 0.29) is 11.7 Å². The quantitative estimate of drug-likeness (QED) is 0.308. The first-order valence-electron chi connectivity index (χ1n) is 9.97. The molecule has 0 saturated heterocycles. The lowest BCUT2D eigenvalue weighted by Gasteiger charge is -2.06. The molecule has 0 spiro atoms. The number of aromatic nitrogens is 8. The van der Waals surface area contributed by atoms with Gasteiger partial charge in [0, 0.05) is 28.6 Å². The number of nitrogens with two attached hydrogens (primary N) is 1. The summed E-state index contributed by atoms with van der Waals surface area (Å²) in [5.41, 5.74) is 8.74. The van der Waals surface area contributed by atoms with Gasteiger partial charge in [-0.25, -0.2) is 23.9 Å². The minimum Gasteiger partial charge on any atom is -0.382 e. The van der Waals surface area contributed by atoms with E-state index in [1.807, 2.05) is 6.92 Å². The predicted molar refractivity (Wildman–Crippen MR) is 111 cm³/mol. The van der Waals surface area contributed by atoms with E-state index in [0.717, 1.165) is 12.4 Å². The molecule has 3 N–H and O–H groups in total. The number of hydrogen-bond donors (Lipinski definition) is 2. The fourth-order valence-electron chi connectivity index (χ4n) is 3.67. The molecule has 0 saturated carbocycles. The summed E-state index contributed by atoms with van der Waals surface area (Å²) in [6.07, 6.45) is 0.416. The molecule has 9 nitrogen and oxygen atoms in total. The predicted octanol–water partition coefficient (Wildman–Crippen LogP) is 3.08. The molecule has 1 unspecified atom stereocenters. The Kier molecular flexibility index (Phi) is 4.96. The summed E-state index contributed by atoms with van der Waals surface area (Å²) < 4.78 is 55.8. The van der Waals surface area contributed by atoms with Crippen LogP contribution in [0.15, 0.2) is 55.2 Å². The maximum absolute atomic E-state index is 14.2. The normalized spacial score (nSPS) is 12.9.